The van der Waals surface area contributed by atoms with E-state index in [2.05, 4.69) is 28.8 Å². The average Bonchev–Trinajstić information content (AvgIpc) is 2.94. The highest BCUT2D eigenvalue weighted by Gasteiger charge is 2.21. The fourth-order valence-corrected chi connectivity index (χ4v) is 4.87. The summed E-state index contributed by atoms with van der Waals surface area (Å²) in [6.45, 7) is 0.897. The third-order valence-electron chi connectivity index (χ3n) is 6.95. The molecule has 0 saturated carbocycles. The smallest absolute Gasteiger partial charge is 0.315 e. The Hall–Kier alpha value is -4.52. The van der Waals surface area contributed by atoms with Gasteiger partial charge in [0.1, 0.15) is 23.9 Å². The van der Waals surface area contributed by atoms with Gasteiger partial charge in [0.25, 0.3) is 0 Å². The van der Waals surface area contributed by atoms with Gasteiger partial charge in [0.05, 0.1) is 7.11 Å². The zero-order chi connectivity index (χ0) is 26.5. The number of urea groups is 1. The van der Waals surface area contributed by atoms with Crippen molar-refractivity contribution in [3.8, 4) is 11.5 Å². The normalized spacial score (nSPS) is 14.4. The molecule has 0 fully saturated rings. The van der Waals surface area contributed by atoms with Gasteiger partial charge in [0, 0.05) is 18.2 Å². The van der Waals surface area contributed by atoms with Crippen molar-refractivity contribution in [2.75, 3.05) is 7.11 Å². The molecule has 194 valence electrons. The first-order valence-electron chi connectivity index (χ1n) is 12.8. The van der Waals surface area contributed by atoms with Crippen molar-refractivity contribution in [3.63, 3.8) is 0 Å². The number of nitrogens with two attached hydrogens (primary N) is 1. The van der Waals surface area contributed by atoms with Gasteiger partial charge >= 0.3 is 6.03 Å². The van der Waals surface area contributed by atoms with Crippen molar-refractivity contribution >= 4 is 22.6 Å². The molecule has 1 aliphatic carbocycles. The molecule has 0 bridgehead atoms. The van der Waals surface area contributed by atoms with Gasteiger partial charge in [0.2, 0.25) is 0 Å². The van der Waals surface area contributed by atoms with Crippen molar-refractivity contribution in [2.24, 2.45) is 5.73 Å². The molecule has 1 aliphatic rings. The van der Waals surface area contributed by atoms with E-state index in [1.54, 1.807) is 7.11 Å². The van der Waals surface area contributed by atoms with Crippen LogP contribution in [0.5, 0.6) is 11.5 Å². The van der Waals surface area contributed by atoms with Crippen LogP contribution in [0, 0.1) is 5.41 Å². The molecule has 0 radical (unpaired) electrons. The highest BCUT2D eigenvalue weighted by atomic mass is 16.5. The Bertz CT molecular complexity index is 1480. The van der Waals surface area contributed by atoms with Gasteiger partial charge in [-0.3, -0.25) is 5.41 Å². The van der Waals surface area contributed by atoms with E-state index in [1.165, 1.54) is 11.1 Å². The van der Waals surface area contributed by atoms with E-state index in [1.807, 2.05) is 60.7 Å². The SMILES string of the molecule is COc1cccc(CNC(=O)NC2CCc3ccc(OCc4ccc5cc(C(=N)N)ccc5c4)cc3C2)c1. The fraction of sp³-hybridized carbons (Fsp3) is 0.226. The molecule has 7 nitrogen and oxygen atoms in total. The Labute approximate surface area is 222 Å². The molecule has 0 saturated heterocycles. The van der Waals surface area contributed by atoms with Crippen LogP contribution < -0.4 is 25.8 Å². The number of carbonyl (C=O) groups excluding carboxylic acids is 1. The second kappa shape index (κ2) is 11.3. The minimum atomic E-state index is -0.166. The number of amides is 2. The van der Waals surface area contributed by atoms with E-state index < -0.39 is 0 Å². The van der Waals surface area contributed by atoms with Crippen LogP contribution in [0.2, 0.25) is 0 Å². The minimum absolute atomic E-state index is 0.0676. The Morgan fingerprint density at radius 3 is 2.63 bits per heavy atom. The molecule has 0 aliphatic heterocycles. The average molecular weight is 509 g/mol. The molecule has 0 heterocycles. The molecule has 1 atom stereocenters. The number of rotatable bonds is 8. The number of nitrogens with one attached hydrogen (secondary N) is 3. The molecule has 38 heavy (non-hydrogen) atoms. The number of benzene rings is 4. The number of aryl methyl sites for hydroxylation is 1. The van der Waals surface area contributed by atoms with E-state index in [-0.39, 0.29) is 17.9 Å². The highest BCUT2D eigenvalue weighted by Crippen LogP contribution is 2.27. The molecule has 2 amide bonds. The van der Waals surface area contributed by atoms with Crippen molar-refractivity contribution < 1.29 is 14.3 Å². The van der Waals surface area contributed by atoms with E-state index in [4.69, 9.17) is 20.6 Å². The molecule has 0 aromatic heterocycles. The summed E-state index contributed by atoms with van der Waals surface area (Å²) >= 11 is 0. The van der Waals surface area contributed by atoms with Crippen LogP contribution in [0.1, 0.15) is 34.2 Å². The van der Waals surface area contributed by atoms with Gasteiger partial charge in [-0.25, -0.2) is 4.79 Å². The standard InChI is InChI=1S/C31H32N4O3/c1-37-28-4-2-3-20(14-28)18-34-31(36)35-27-11-9-22-10-12-29(17-26(22)16-27)38-19-21-5-6-24-15-25(30(32)33)8-7-23(24)13-21/h2-8,10,12-15,17,27H,9,11,16,18-19H2,1H3,(H3,32,33)(H2,34,35,36). The summed E-state index contributed by atoms with van der Waals surface area (Å²) in [5.74, 6) is 1.66. The van der Waals surface area contributed by atoms with Crippen molar-refractivity contribution in [1.29, 1.82) is 5.41 Å². The molecule has 4 aromatic carbocycles. The van der Waals surface area contributed by atoms with Gasteiger partial charge < -0.3 is 25.8 Å². The number of hydrogen-bond acceptors (Lipinski definition) is 4. The largest absolute Gasteiger partial charge is 0.497 e. The highest BCUT2D eigenvalue weighted by molar-refractivity contribution is 5.99. The summed E-state index contributed by atoms with van der Waals surface area (Å²) < 4.78 is 11.4. The Morgan fingerprint density at radius 1 is 0.947 bits per heavy atom. The van der Waals surface area contributed by atoms with E-state index >= 15 is 0 Å². The number of nitrogen functional groups attached to an aromatic ring is 1. The molecule has 5 N–H and O–H groups in total. The van der Waals surface area contributed by atoms with Crippen LogP contribution in [0.15, 0.2) is 78.9 Å². The van der Waals surface area contributed by atoms with Gasteiger partial charge in [-0.15, -0.1) is 0 Å². The van der Waals surface area contributed by atoms with Crippen LogP contribution >= 0.6 is 0 Å². The number of methoxy groups -OCH3 is 1. The van der Waals surface area contributed by atoms with Crippen LogP contribution in [0.4, 0.5) is 4.79 Å². The molecular weight excluding hydrogens is 476 g/mol. The van der Waals surface area contributed by atoms with E-state index in [0.717, 1.165) is 58.2 Å². The first-order valence-corrected chi connectivity index (χ1v) is 12.8. The summed E-state index contributed by atoms with van der Waals surface area (Å²) in [6.07, 6.45) is 2.60. The summed E-state index contributed by atoms with van der Waals surface area (Å²) in [5, 5.41) is 15.8. The predicted octanol–water partition coefficient (Wildman–Crippen LogP) is 5.07. The lowest BCUT2D eigenvalue weighted by molar-refractivity contribution is 0.235. The number of fused-ring (bicyclic) bond motifs is 2. The van der Waals surface area contributed by atoms with Crippen LogP contribution in [-0.4, -0.2) is 25.0 Å². The summed E-state index contributed by atoms with van der Waals surface area (Å²) in [4.78, 5) is 12.5. The van der Waals surface area contributed by atoms with Crippen molar-refractivity contribution in [1.82, 2.24) is 10.6 Å². The Kier molecular flexibility index (Phi) is 7.45. The lowest BCUT2D eigenvalue weighted by Gasteiger charge is -2.26. The Balaban J connectivity index is 1.16. The zero-order valence-corrected chi connectivity index (χ0v) is 21.4. The van der Waals surface area contributed by atoms with Crippen molar-refractivity contribution in [3.05, 3.63) is 107 Å². The summed E-state index contributed by atoms with van der Waals surface area (Å²) in [6, 6.07) is 25.8. The van der Waals surface area contributed by atoms with Gasteiger partial charge in [-0.1, -0.05) is 42.5 Å². The third-order valence-corrected chi connectivity index (χ3v) is 6.95. The molecule has 4 aromatic rings. The summed E-state index contributed by atoms with van der Waals surface area (Å²) in [7, 11) is 1.63. The number of ether oxygens (including phenoxy) is 2. The second-order valence-corrected chi connectivity index (χ2v) is 9.65. The first kappa shape index (κ1) is 25.1. The lowest BCUT2D eigenvalue weighted by Crippen LogP contribution is -2.44. The topological polar surface area (TPSA) is 109 Å². The van der Waals surface area contributed by atoms with Gasteiger partial charge in [-0.2, -0.15) is 0 Å². The first-order chi connectivity index (χ1) is 18.5. The molecule has 0 spiro atoms. The molecule has 5 rings (SSSR count). The fourth-order valence-electron chi connectivity index (χ4n) is 4.87. The molecule has 1 unspecified atom stereocenters. The third kappa shape index (κ3) is 6.06. The summed E-state index contributed by atoms with van der Waals surface area (Å²) in [5.41, 5.74) is 10.9. The van der Waals surface area contributed by atoms with Crippen LogP contribution in [-0.2, 0) is 26.0 Å². The van der Waals surface area contributed by atoms with Crippen molar-refractivity contribution in [2.45, 2.75) is 38.5 Å². The van der Waals surface area contributed by atoms with Crippen LogP contribution in [0.25, 0.3) is 10.8 Å². The monoisotopic (exact) mass is 508 g/mol. The Morgan fingerprint density at radius 2 is 1.79 bits per heavy atom. The molecule has 7 heteroatoms. The van der Waals surface area contributed by atoms with E-state index in [9.17, 15) is 4.79 Å². The van der Waals surface area contributed by atoms with Gasteiger partial charge in [0.15, 0.2) is 0 Å². The number of carbonyl (C=O) groups is 1. The maximum absolute atomic E-state index is 12.5. The van der Waals surface area contributed by atoms with Crippen LogP contribution in [0.3, 0.4) is 0 Å². The number of hydrogen-bond donors (Lipinski definition) is 4. The minimum Gasteiger partial charge on any atom is -0.497 e. The lowest BCUT2D eigenvalue weighted by atomic mass is 9.88. The number of amidine groups is 1. The molecular formula is C31H32N4O3. The zero-order valence-electron chi connectivity index (χ0n) is 21.4. The van der Waals surface area contributed by atoms with E-state index in [0.29, 0.717) is 13.2 Å². The van der Waals surface area contributed by atoms with Gasteiger partial charge in [-0.05, 0) is 88.7 Å². The second-order valence-electron chi connectivity index (χ2n) is 9.65. The quantitative estimate of drug-likeness (QED) is 0.197. The maximum Gasteiger partial charge on any atom is 0.315 e. The predicted molar refractivity (Wildman–Crippen MR) is 150 cm³/mol. The maximum atomic E-state index is 12.5.